The zero-order valence-corrected chi connectivity index (χ0v) is 18.6. The van der Waals surface area contributed by atoms with Crippen LogP contribution in [0.25, 0.3) is 0 Å². The second kappa shape index (κ2) is 6.25. The first-order chi connectivity index (χ1) is 14.0. The normalized spacial score (nSPS) is 22.8. The third-order valence-electron chi connectivity index (χ3n) is 6.26. The van der Waals surface area contributed by atoms with E-state index in [0.29, 0.717) is 0 Å². The van der Waals surface area contributed by atoms with Crippen molar-refractivity contribution in [1.29, 1.82) is 0 Å². The average molecular weight is 436 g/mol. The van der Waals surface area contributed by atoms with Crippen LogP contribution in [0.2, 0.25) is 0 Å². The third-order valence-corrected chi connectivity index (χ3v) is 29.5. The van der Waals surface area contributed by atoms with Gasteiger partial charge in [0.25, 0.3) is 0 Å². The molecule has 1 saturated heterocycles. The quantitative estimate of drug-likeness (QED) is 0.256. The van der Waals surface area contributed by atoms with Crippen LogP contribution < -0.4 is 26.1 Å². The minimum absolute atomic E-state index is 0.977. The van der Waals surface area contributed by atoms with Crippen LogP contribution in [0.4, 0.5) is 0 Å². The number of quaternary nitrogens is 1. The van der Waals surface area contributed by atoms with Crippen molar-refractivity contribution in [2.75, 3.05) is 0 Å². The zero-order chi connectivity index (χ0) is 20.1. The van der Waals surface area contributed by atoms with Gasteiger partial charge in [-0.1, -0.05) is 0 Å². The maximum absolute atomic E-state index is 13.2. The van der Waals surface area contributed by atoms with E-state index in [1.54, 1.807) is 0 Å². The molecule has 0 atom stereocenters. The zero-order valence-electron chi connectivity index (χ0n) is 15.9. The van der Waals surface area contributed by atoms with E-state index >= 15 is 0 Å². The van der Waals surface area contributed by atoms with Gasteiger partial charge in [0.1, 0.15) is 0 Å². The second-order valence-corrected chi connectivity index (χ2v) is 23.4. The Hall–Kier alpha value is -1.99. The van der Waals surface area contributed by atoms with Crippen LogP contribution in [0.5, 0.6) is 0 Å². The topological polar surface area (TPSA) is 36.8 Å². The van der Waals surface area contributed by atoms with Crippen molar-refractivity contribution >= 4 is 45.8 Å². The molecule has 4 aromatic carbocycles. The minimum atomic E-state index is -3.74. The molecule has 5 heteroatoms. The number of hydrogen-bond donors (Lipinski definition) is 3. The van der Waals surface area contributed by atoms with E-state index < -0.39 is 12.3 Å². The molecule has 0 spiro atoms. The molecule has 0 radical (unpaired) electrons. The number of hydrogen-bond acceptors (Lipinski definition) is 2. The Balaban J connectivity index is 1.96. The van der Waals surface area contributed by atoms with Crippen LogP contribution in [0.3, 0.4) is 0 Å². The van der Waals surface area contributed by atoms with Crippen molar-refractivity contribution in [2.45, 2.75) is 0 Å². The Morgan fingerprint density at radius 2 is 0.759 bits per heavy atom. The van der Waals surface area contributed by atoms with Crippen LogP contribution in [0.1, 0.15) is 0 Å². The number of benzene rings is 4. The number of nitrogens with two attached hydrogens (primary N) is 1. The van der Waals surface area contributed by atoms with Gasteiger partial charge in [-0.15, -0.1) is 0 Å². The first kappa shape index (κ1) is 19.0. The molecule has 0 amide bonds. The number of rotatable bonds is 4. The number of thiol groups is 1. The van der Waals surface area contributed by atoms with E-state index in [9.17, 15) is 4.89 Å². The summed E-state index contributed by atoms with van der Waals surface area (Å²) >= 11 is 5.61. The molecular formula is C24H24NOP2S+. The molecule has 1 aliphatic rings. The Bertz CT molecular complexity index is 997. The van der Waals surface area contributed by atoms with Gasteiger partial charge in [-0.05, 0) is 0 Å². The molecule has 3 N–H and O–H groups in total. The predicted octanol–water partition coefficient (Wildman–Crippen LogP) is 3.47. The summed E-state index contributed by atoms with van der Waals surface area (Å²) in [6.07, 6.45) is 0. The van der Waals surface area contributed by atoms with E-state index in [1.807, 2.05) is 72.8 Å². The van der Waals surface area contributed by atoms with Crippen molar-refractivity contribution in [2.24, 2.45) is 0 Å². The fourth-order valence-corrected chi connectivity index (χ4v) is 30.7. The molecule has 29 heavy (non-hydrogen) atoms. The predicted molar refractivity (Wildman–Crippen MR) is 131 cm³/mol. The average Bonchev–Trinajstić information content (AvgIpc) is 3.33. The molecule has 0 aromatic heterocycles. The summed E-state index contributed by atoms with van der Waals surface area (Å²) in [6, 6.07) is 41.1. The van der Waals surface area contributed by atoms with Gasteiger partial charge in [0.15, 0.2) is 0 Å². The standard InChI is InChI=1S/C24H23NOP2S/c26-27(21-13-5-1-6-14-21,22-15-7-2-8-16-22)25-28(27,29,23-17-9-3-10-18-23)24-19-11-4-12-20-24/h1-20,25-26,29H/p+1. The van der Waals surface area contributed by atoms with Gasteiger partial charge in [0.05, 0.1) is 0 Å². The molecular weight excluding hydrogens is 412 g/mol. The molecule has 5 rings (SSSR count). The van der Waals surface area contributed by atoms with Crippen LogP contribution in [0.15, 0.2) is 121 Å². The Labute approximate surface area is 176 Å². The van der Waals surface area contributed by atoms with Crippen LogP contribution in [0, 0.1) is 0 Å². The molecule has 1 heterocycles. The summed E-state index contributed by atoms with van der Waals surface area (Å²) in [5, 5.41) is 4.18. The van der Waals surface area contributed by atoms with Crippen molar-refractivity contribution in [3.05, 3.63) is 121 Å². The summed E-state index contributed by atoms with van der Waals surface area (Å²) < 4.78 is 0. The van der Waals surface area contributed by atoms with E-state index in [-0.39, 0.29) is 0 Å². The summed E-state index contributed by atoms with van der Waals surface area (Å²) in [5.74, 6) is 0. The monoisotopic (exact) mass is 436 g/mol. The van der Waals surface area contributed by atoms with Crippen LogP contribution >= 0.6 is 24.6 Å². The summed E-state index contributed by atoms with van der Waals surface area (Å²) in [5.41, 5.74) is -3.35. The van der Waals surface area contributed by atoms with Crippen LogP contribution in [-0.4, -0.2) is 4.89 Å². The Morgan fingerprint density at radius 3 is 1.07 bits per heavy atom. The Morgan fingerprint density at radius 1 is 0.483 bits per heavy atom. The molecule has 0 unspecified atom stereocenters. The van der Waals surface area contributed by atoms with E-state index in [0.717, 1.165) is 21.2 Å². The maximum atomic E-state index is 13.2. The van der Waals surface area contributed by atoms with E-state index in [4.69, 9.17) is 12.2 Å². The van der Waals surface area contributed by atoms with Crippen molar-refractivity contribution < 1.29 is 9.75 Å². The van der Waals surface area contributed by atoms with E-state index in [1.165, 1.54) is 0 Å². The van der Waals surface area contributed by atoms with Gasteiger partial charge in [-0.2, -0.15) is 0 Å². The fourth-order valence-electron chi connectivity index (χ4n) is 4.78. The molecule has 1 aliphatic heterocycles. The van der Waals surface area contributed by atoms with E-state index in [2.05, 4.69) is 53.4 Å². The van der Waals surface area contributed by atoms with Gasteiger partial charge in [-0.3, -0.25) is 0 Å². The molecule has 0 aliphatic carbocycles. The summed E-state index contributed by atoms with van der Waals surface area (Å²) in [4.78, 5) is 15.4. The van der Waals surface area contributed by atoms with Crippen molar-refractivity contribution in [1.82, 2.24) is 0 Å². The van der Waals surface area contributed by atoms with Crippen molar-refractivity contribution in [3.63, 3.8) is 0 Å². The molecule has 1 fully saturated rings. The molecule has 4 aromatic rings. The van der Waals surface area contributed by atoms with Gasteiger partial charge in [-0.25, -0.2) is 0 Å². The molecule has 0 bridgehead atoms. The molecule has 146 valence electrons. The van der Waals surface area contributed by atoms with Gasteiger partial charge >= 0.3 is 177 Å². The fraction of sp³-hybridized carbons (Fsp3) is 0. The van der Waals surface area contributed by atoms with Gasteiger partial charge < -0.3 is 0 Å². The van der Waals surface area contributed by atoms with Crippen LogP contribution in [-0.2, 0) is 0 Å². The first-order valence-corrected chi connectivity index (χ1v) is 16.1. The van der Waals surface area contributed by atoms with Gasteiger partial charge in [0, 0.05) is 0 Å². The third kappa shape index (κ3) is 2.12. The molecule has 2 nitrogen and oxygen atoms in total. The summed E-state index contributed by atoms with van der Waals surface area (Å²) in [7, 11) is 0. The Kier molecular flexibility index (Phi) is 4.10. The second-order valence-electron chi connectivity index (χ2n) is 7.64. The SMILES string of the molecule is OP1(c2ccccc2)(c2ccccc2)[NH2+]P1(S)(c1ccccc1)c1ccccc1. The summed E-state index contributed by atoms with van der Waals surface area (Å²) in [6.45, 7) is -3.74. The molecule has 0 saturated carbocycles. The first-order valence-electron chi connectivity index (χ1n) is 9.65. The van der Waals surface area contributed by atoms with Gasteiger partial charge in [0.2, 0.25) is 0 Å². The van der Waals surface area contributed by atoms with Crippen molar-refractivity contribution in [3.8, 4) is 0 Å².